The molecule has 0 fully saturated rings. The second-order valence-electron chi connectivity index (χ2n) is 4.97. The van der Waals surface area contributed by atoms with E-state index >= 15 is 0 Å². The molecule has 0 aromatic carbocycles. The number of hydrogen-bond donors (Lipinski definition) is 1. The molecule has 0 bridgehead atoms. The Hall–Kier alpha value is 0.270. The molecule has 0 radical (unpaired) electrons. The highest BCUT2D eigenvalue weighted by Crippen LogP contribution is 2.21. The molecular weight excluding hydrogens is 228 g/mol. The van der Waals surface area contributed by atoms with Crippen molar-refractivity contribution in [3.05, 3.63) is 0 Å². The van der Waals surface area contributed by atoms with Gasteiger partial charge in [-0.05, 0) is 39.9 Å². The summed E-state index contributed by atoms with van der Waals surface area (Å²) < 4.78 is 0. The summed E-state index contributed by atoms with van der Waals surface area (Å²) in [4.78, 5) is 2.27. The molecular formula is C14H32N2S. The molecule has 0 aliphatic rings. The van der Waals surface area contributed by atoms with E-state index in [9.17, 15) is 0 Å². The van der Waals surface area contributed by atoms with Crippen LogP contribution in [0.15, 0.2) is 0 Å². The first-order valence-electron chi connectivity index (χ1n) is 7.15. The lowest BCUT2D eigenvalue weighted by Crippen LogP contribution is -2.38. The minimum atomic E-state index is 0.706. The van der Waals surface area contributed by atoms with E-state index in [2.05, 4.69) is 56.8 Å². The molecule has 104 valence electrons. The molecule has 0 saturated heterocycles. The van der Waals surface area contributed by atoms with E-state index < -0.39 is 0 Å². The molecule has 0 aliphatic heterocycles. The van der Waals surface area contributed by atoms with E-state index in [0.717, 1.165) is 11.8 Å². The molecule has 2 unspecified atom stereocenters. The normalized spacial score (nSPS) is 15.2. The summed E-state index contributed by atoms with van der Waals surface area (Å²) in [5, 5.41) is 4.50. The van der Waals surface area contributed by atoms with Gasteiger partial charge in [-0.1, -0.05) is 27.2 Å². The highest BCUT2D eigenvalue weighted by Gasteiger charge is 2.18. The monoisotopic (exact) mass is 260 g/mol. The second-order valence-corrected chi connectivity index (χ2v) is 6.32. The first kappa shape index (κ1) is 17.3. The highest BCUT2D eigenvalue weighted by atomic mass is 32.2. The highest BCUT2D eigenvalue weighted by molar-refractivity contribution is 7.99. The summed E-state index contributed by atoms with van der Waals surface area (Å²) in [6.45, 7) is 9.21. The lowest BCUT2D eigenvalue weighted by molar-refractivity contribution is 0.433. The Morgan fingerprint density at radius 3 is 2.29 bits per heavy atom. The zero-order valence-electron chi connectivity index (χ0n) is 12.5. The molecule has 17 heavy (non-hydrogen) atoms. The Morgan fingerprint density at radius 2 is 1.82 bits per heavy atom. The third kappa shape index (κ3) is 8.92. The fraction of sp³-hybridized carbons (Fsp3) is 1.00. The van der Waals surface area contributed by atoms with Crippen molar-refractivity contribution in [3.63, 3.8) is 0 Å². The standard InChI is InChI=1S/C14H32N2S/c1-6-9-13(15-10-7-2)14(8-3)17-12-11-16(4)5/h13-15H,6-12H2,1-5H3. The Kier molecular flexibility index (Phi) is 11.5. The van der Waals surface area contributed by atoms with Crippen molar-refractivity contribution in [2.45, 2.75) is 57.7 Å². The van der Waals surface area contributed by atoms with Gasteiger partial charge in [0.05, 0.1) is 0 Å². The largest absolute Gasteiger partial charge is 0.313 e. The maximum atomic E-state index is 3.73. The summed E-state index contributed by atoms with van der Waals surface area (Å²) in [6, 6.07) is 0.706. The van der Waals surface area contributed by atoms with Crippen molar-refractivity contribution in [3.8, 4) is 0 Å². The van der Waals surface area contributed by atoms with Crippen molar-refractivity contribution in [2.24, 2.45) is 0 Å². The van der Waals surface area contributed by atoms with Gasteiger partial charge in [0.2, 0.25) is 0 Å². The van der Waals surface area contributed by atoms with E-state index in [1.54, 1.807) is 0 Å². The van der Waals surface area contributed by atoms with Gasteiger partial charge in [-0.25, -0.2) is 0 Å². The van der Waals surface area contributed by atoms with Gasteiger partial charge in [0, 0.05) is 23.6 Å². The average Bonchev–Trinajstić information content (AvgIpc) is 2.30. The summed E-state index contributed by atoms with van der Waals surface area (Å²) in [7, 11) is 4.31. The summed E-state index contributed by atoms with van der Waals surface area (Å²) in [6.07, 6.45) is 5.11. The van der Waals surface area contributed by atoms with Crippen LogP contribution in [0.3, 0.4) is 0 Å². The average molecular weight is 260 g/mol. The molecule has 3 heteroatoms. The van der Waals surface area contributed by atoms with Crippen LogP contribution in [0.4, 0.5) is 0 Å². The predicted molar refractivity (Wildman–Crippen MR) is 82.1 cm³/mol. The topological polar surface area (TPSA) is 15.3 Å². The van der Waals surface area contributed by atoms with E-state index in [-0.39, 0.29) is 0 Å². The van der Waals surface area contributed by atoms with Crippen molar-refractivity contribution in [2.75, 3.05) is 32.9 Å². The molecule has 0 aromatic heterocycles. The molecule has 0 amide bonds. The molecule has 2 nitrogen and oxygen atoms in total. The predicted octanol–water partition coefficient (Wildman–Crippen LogP) is 3.23. The zero-order valence-corrected chi connectivity index (χ0v) is 13.3. The Morgan fingerprint density at radius 1 is 1.12 bits per heavy atom. The molecule has 0 spiro atoms. The molecule has 0 rings (SSSR count). The van der Waals surface area contributed by atoms with E-state index in [4.69, 9.17) is 0 Å². The van der Waals surface area contributed by atoms with Crippen LogP contribution in [0.5, 0.6) is 0 Å². The number of nitrogens with zero attached hydrogens (tertiary/aromatic N) is 1. The minimum Gasteiger partial charge on any atom is -0.313 e. The van der Waals surface area contributed by atoms with Gasteiger partial charge in [0.1, 0.15) is 0 Å². The van der Waals surface area contributed by atoms with Gasteiger partial charge < -0.3 is 10.2 Å². The van der Waals surface area contributed by atoms with Crippen molar-refractivity contribution >= 4 is 11.8 Å². The number of hydrogen-bond acceptors (Lipinski definition) is 3. The van der Waals surface area contributed by atoms with Crippen LogP contribution in [0.25, 0.3) is 0 Å². The maximum Gasteiger partial charge on any atom is 0.0199 e. The minimum absolute atomic E-state index is 0.706. The van der Waals surface area contributed by atoms with Gasteiger partial charge in [-0.2, -0.15) is 11.8 Å². The van der Waals surface area contributed by atoms with E-state index in [1.165, 1.54) is 38.0 Å². The van der Waals surface area contributed by atoms with Crippen LogP contribution < -0.4 is 5.32 Å². The lowest BCUT2D eigenvalue weighted by Gasteiger charge is -2.27. The van der Waals surface area contributed by atoms with Crippen LogP contribution in [0.1, 0.15) is 46.5 Å². The summed E-state index contributed by atoms with van der Waals surface area (Å²) in [5.74, 6) is 1.25. The van der Waals surface area contributed by atoms with E-state index in [1.807, 2.05) is 0 Å². The molecule has 2 atom stereocenters. The van der Waals surface area contributed by atoms with Crippen molar-refractivity contribution in [1.82, 2.24) is 10.2 Å². The first-order chi connectivity index (χ1) is 8.15. The van der Waals surface area contributed by atoms with Gasteiger partial charge in [0.15, 0.2) is 0 Å². The van der Waals surface area contributed by atoms with Crippen molar-refractivity contribution < 1.29 is 0 Å². The molecule has 0 heterocycles. The van der Waals surface area contributed by atoms with Gasteiger partial charge in [0.25, 0.3) is 0 Å². The summed E-state index contributed by atoms with van der Waals surface area (Å²) in [5.41, 5.74) is 0. The van der Waals surface area contributed by atoms with Crippen molar-refractivity contribution in [1.29, 1.82) is 0 Å². The quantitative estimate of drug-likeness (QED) is 0.614. The Bertz CT molecular complexity index is 162. The fourth-order valence-corrected chi connectivity index (χ4v) is 3.44. The zero-order chi connectivity index (χ0) is 13.1. The molecule has 0 aliphatic carbocycles. The number of rotatable bonds is 11. The first-order valence-corrected chi connectivity index (χ1v) is 8.20. The lowest BCUT2D eigenvalue weighted by atomic mass is 10.1. The molecule has 0 saturated carbocycles. The number of nitrogens with one attached hydrogen (secondary N) is 1. The van der Waals surface area contributed by atoms with E-state index in [0.29, 0.717) is 6.04 Å². The van der Waals surface area contributed by atoms with Crippen LogP contribution in [0.2, 0.25) is 0 Å². The Balaban J connectivity index is 4.04. The van der Waals surface area contributed by atoms with Gasteiger partial charge >= 0.3 is 0 Å². The van der Waals surface area contributed by atoms with Gasteiger partial charge in [-0.3, -0.25) is 0 Å². The van der Waals surface area contributed by atoms with Crippen LogP contribution in [-0.2, 0) is 0 Å². The van der Waals surface area contributed by atoms with Gasteiger partial charge in [-0.15, -0.1) is 0 Å². The molecule has 1 N–H and O–H groups in total. The Labute approximate surface area is 113 Å². The van der Waals surface area contributed by atoms with Crippen LogP contribution in [0, 0.1) is 0 Å². The third-order valence-electron chi connectivity index (χ3n) is 2.98. The van der Waals surface area contributed by atoms with Crippen LogP contribution >= 0.6 is 11.8 Å². The SMILES string of the molecule is CCCNC(CCC)C(CC)SCCN(C)C. The summed E-state index contributed by atoms with van der Waals surface area (Å²) >= 11 is 2.14. The third-order valence-corrected chi connectivity index (χ3v) is 4.49. The van der Waals surface area contributed by atoms with Crippen LogP contribution in [-0.4, -0.2) is 49.1 Å². The number of thioether (sulfide) groups is 1. The maximum absolute atomic E-state index is 3.73. The smallest absolute Gasteiger partial charge is 0.0199 e. The second kappa shape index (κ2) is 11.4. The molecule has 0 aromatic rings. The fourth-order valence-electron chi connectivity index (χ4n) is 1.97.